The minimum Gasteiger partial charge on any atom is -0.482 e. The van der Waals surface area contributed by atoms with Crippen LogP contribution in [0.5, 0.6) is 5.75 Å². The fourth-order valence-electron chi connectivity index (χ4n) is 4.22. The molecule has 3 aromatic carbocycles. The normalized spacial score (nSPS) is 20.5. The summed E-state index contributed by atoms with van der Waals surface area (Å²) in [6, 6.07) is 21.5. The van der Waals surface area contributed by atoms with E-state index in [9.17, 15) is 0 Å². The summed E-state index contributed by atoms with van der Waals surface area (Å²) in [5.41, 5.74) is 4.96. The van der Waals surface area contributed by atoms with E-state index in [0.717, 1.165) is 5.75 Å². The van der Waals surface area contributed by atoms with Crippen LogP contribution in [-0.4, -0.2) is 14.4 Å². The molecular weight excluding hydrogens is 372 g/mol. The summed E-state index contributed by atoms with van der Waals surface area (Å²) < 4.78 is 13.6. The molecule has 0 bridgehead atoms. The predicted octanol–water partition coefficient (Wildman–Crippen LogP) is 7.22. The summed E-state index contributed by atoms with van der Waals surface area (Å²) in [4.78, 5) is 0. The molecule has 29 heavy (non-hydrogen) atoms. The highest BCUT2D eigenvalue weighted by Gasteiger charge is 2.46. The Balaban J connectivity index is 1.68. The number of rotatable bonds is 2. The quantitative estimate of drug-likeness (QED) is 0.423. The SMILES string of the molecule is CC(C)(C)[Si](C)(C)O[C@@H]1c2ccccc2C=C2c3c(ccc4ccccc34)O[C@H]21. The maximum atomic E-state index is 7.00. The zero-order chi connectivity index (χ0) is 20.4. The van der Waals surface area contributed by atoms with Crippen LogP contribution < -0.4 is 4.74 Å². The summed E-state index contributed by atoms with van der Waals surface area (Å²) in [6.45, 7) is 11.5. The second-order valence-electron chi connectivity index (χ2n) is 9.73. The second kappa shape index (κ2) is 6.32. The highest BCUT2D eigenvalue weighted by Crippen LogP contribution is 2.52. The van der Waals surface area contributed by atoms with Crippen molar-refractivity contribution in [3.8, 4) is 5.75 Å². The molecule has 0 saturated heterocycles. The van der Waals surface area contributed by atoms with E-state index in [1.54, 1.807) is 0 Å². The largest absolute Gasteiger partial charge is 0.482 e. The van der Waals surface area contributed by atoms with Gasteiger partial charge in [-0.1, -0.05) is 75.4 Å². The number of fused-ring (bicyclic) bond motifs is 6. The van der Waals surface area contributed by atoms with Gasteiger partial charge in [0.25, 0.3) is 0 Å². The maximum Gasteiger partial charge on any atom is 0.193 e. The lowest BCUT2D eigenvalue weighted by Gasteiger charge is -2.42. The Morgan fingerprint density at radius 2 is 1.62 bits per heavy atom. The standard InChI is InChI=1S/C26H28O2Si/c1-26(2,3)29(4,5)28-25-20-13-9-7-11-18(20)16-21-23-19-12-8-6-10-17(19)14-15-22(23)27-24(21)25/h6-16,24-25H,1-5H3/t24-,25-/m1/s1. The van der Waals surface area contributed by atoms with E-state index in [2.05, 4.69) is 101 Å². The Labute approximate surface area is 174 Å². The first-order valence-corrected chi connectivity index (χ1v) is 13.3. The third kappa shape index (κ3) is 2.87. The van der Waals surface area contributed by atoms with Crippen molar-refractivity contribution >= 4 is 30.7 Å². The van der Waals surface area contributed by atoms with Crippen molar-refractivity contribution in [2.24, 2.45) is 0 Å². The van der Waals surface area contributed by atoms with Gasteiger partial charge in [-0.2, -0.15) is 0 Å². The van der Waals surface area contributed by atoms with Crippen LogP contribution in [0.3, 0.4) is 0 Å². The van der Waals surface area contributed by atoms with Gasteiger partial charge in [0.05, 0.1) is 0 Å². The van der Waals surface area contributed by atoms with Gasteiger partial charge in [0.15, 0.2) is 14.4 Å². The Morgan fingerprint density at radius 1 is 0.897 bits per heavy atom. The lowest BCUT2D eigenvalue weighted by Crippen LogP contribution is -2.45. The van der Waals surface area contributed by atoms with Crippen molar-refractivity contribution in [2.75, 3.05) is 0 Å². The van der Waals surface area contributed by atoms with Crippen LogP contribution in [0, 0.1) is 0 Å². The number of benzene rings is 3. The molecule has 0 aromatic heterocycles. The Hall–Kier alpha value is -2.36. The first-order valence-electron chi connectivity index (χ1n) is 10.4. The van der Waals surface area contributed by atoms with Gasteiger partial charge in [-0.05, 0) is 52.2 Å². The van der Waals surface area contributed by atoms with E-state index >= 15 is 0 Å². The molecule has 0 fully saturated rings. The molecule has 1 aliphatic heterocycles. The molecule has 0 unspecified atom stereocenters. The molecular formula is C26H28O2Si. The van der Waals surface area contributed by atoms with E-state index in [0.29, 0.717) is 0 Å². The Morgan fingerprint density at radius 3 is 2.41 bits per heavy atom. The van der Waals surface area contributed by atoms with Crippen molar-refractivity contribution in [2.45, 2.75) is 51.1 Å². The number of hydrogen-bond donors (Lipinski definition) is 0. The van der Waals surface area contributed by atoms with E-state index in [-0.39, 0.29) is 17.2 Å². The van der Waals surface area contributed by atoms with Crippen molar-refractivity contribution in [3.05, 3.63) is 77.4 Å². The molecule has 1 heterocycles. The molecule has 3 aromatic rings. The lowest BCUT2D eigenvalue weighted by atomic mass is 9.84. The van der Waals surface area contributed by atoms with Crippen LogP contribution in [0.4, 0.5) is 0 Å². The minimum absolute atomic E-state index is 0.0850. The predicted molar refractivity (Wildman–Crippen MR) is 124 cm³/mol. The minimum atomic E-state index is -1.98. The molecule has 0 spiro atoms. The van der Waals surface area contributed by atoms with Gasteiger partial charge in [0.2, 0.25) is 0 Å². The van der Waals surface area contributed by atoms with Crippen LogP contribution in [0.15, 0.2) is 60.7 Å². The second-order valence-corrected chi connectivity index (χ2v) is 14.5. The average molecular weight is 401 g/mol. The highest BCUT2D eigenvalue weighted by molar-refractivity contribution is 6.74. The third-order valence-corrected chi connectivity index (χ3v) is 11.3. The van der Waals surface area contributed by atoms with Crippen LogP contribution >= 0.6 is 0 Å². The topological polar surface area (TPSA) is 18.5 Å². The molecule has 2 atom stereocenters. The Bertz CT molecular complexity index is 1140. The van der Waals surface area contributed by atoms with E-state index in [1.807, 2.05) is 0 Å². The van der Waals surface area contributed by atoms with E-state index in [1.165, 1.54) is 33.0 Å². The first-order chi connectivity index (χ1) is 13.8. The number of hydrogen-bond acceptors (Lipinski definition) is 2. The summed E-state index contributed by atoms with van der Waals surface area (Å²) in [6.07, 6.45) is 2.13. The lowest BCUT2D eigenvalue weighted by molar-refractivity contribution is 0.0835. The van der Waals surface area contributed by atoms with Crippen LogP contribution in [0.25, 0.3) is 22.4 Å². The molecule has 3 heteroatoms. The average Bonchev–Trinajstić information content (AvgIpc) is 3.06. The monoisotopic (exact) mass is 400 g/mol. The van der Waals surface area contributed by atoms with Gasteiger partial charge in [-0.25, -0.2) is 0 Å². The molecule has 5 rings (SSSR count). The molecule has 0 saturated carbocycles. The van der Waals surface area contributed by atoms with Crippen molar-refractivity contribution in [1.82, 2.24) is 0 Å². The molecule has 1 aliphatic carbocycles. The first kappa shape index (κ1) is 18.7. The van der Waals surface area contributed by atoms with E-state index in [4.69, 9.17) is 9.16 Å². The van der Waals surface area contributed by atoms with E-state index < -0.39 is 8.32 Å². The zero-order valence-electron chi connectivity index (χ0n) is 17.8. The smallest absolute Gasteiger partial charge is 0.193 e. The van der Waals surface area contributed by atoms with Crippen LogP contribution in [-0.2, 0) is 4.43 Å². The fourth-order valence-corrected chi connectivity index (χ4v) is 5.46. The van der Waals surface area contributed by atoms with Gasteiger partial charge in [-0.3, -0.25) is 0 Å². The van der Waals surface area contributed by atoms with Crippen molar-refractivity contribution < 1.29 is 9.16 Å². The van der Waals surface area contributed by atoms with Gasteiger partial charge in [0, 0.05) is 11.1 Å². The summed E-state index contributed by atoms with van der Waals surface area (Å²) in [5.74, 6) is 0.969. The van der Waals surface area contributed by atoms with Gasteiger partial charge < -0.3 is 9.16 Å². The van der Waals surface area contributed by atoms with Crippen LogP contribution in [0.1, 0.15) is 43.6 Å². The van der Waals surface area contributed by atoms with Gasteiger partial charge in [0.1, 0.15) is 11.9 Å². The maximum absolute atomic E-state index is 7.00. The summed E-state index contributed by atoms with van der Waals surface area (Å²) >= 11 is 0. The number of ether oxygens (including phenoxy) is 1. The highest BCUT2D eigenvalue weighted by atomic mass is 28.4. The summed E-state index contributed by atoms with van der Waals surface area (Å²) in [7, 11) is -1.98. The van der Waals surface area contributed by atoms with Crippen molar-refractivity contribution in [3.63, 3.8) is 0 Å². The molecule has 148 valence electrons. The summed E-state index contributed by atoms with van der Waals surface area (Å²) in [5, 5.41) is 2.64. The van der Waals surface area contributed by atoms with Gasteiger partial charge >= 0.3 is 0 Å². The third-order valence-electron chi connectivity index (χ3n) is 6.86. The zero-order valence-corrected chi connectivity index (χ0v) is 18.8. The molecule has 2 nitrogen and oxygen atoms in total. The molecule has 2 aliphatic rings. The van der Waals surface area contributed by atoms with Gasteiger partial charge in [-0.15, -0.1) is 0 Å². The molecule has 0 radical (unpaired) electrons. The molecule has 0 N–H and O–H groups in total. The van der Waals surface area contributed by atoms with Crippen LogP contribution in [0.2, 0.25) is 18.1 Å². The molecule has 0 amide bonds. The van der Waals surface area contributed by atoms with Crippen molar-refractivity contribution in [1.29, 1.82) is 0 Å². The Kier molecular flexibility index (Phi) is 4.06. The fraction of sp³-hybridized carbons (Fsp3) is 0.308.